The monoisotopic (exact) mass is 385 g/mol. The Bertz CT molecular complexity index is 852. The molecule has 1 fully saturated rings. The molecule has 0 unspecified atom stereocenters. The number of carbonyl (C=O) groups excluding carboxylic acids is 1. The van der Waals surface area contributed by atoms with Gasteiger partial charge in [0.1, 0.15) is 21.2 Å². The van der Waals surface area contributed by atoms with Gasteiger partial charge in [-0.25, -0.2) is 8.42 Å². The highest BCUT2D eigenvalue weighted by Crippen LogP contribution is 2.27. The Morgan fingerprint density at radius 1 is 1.40 bits per heavy atom. The summed E-state index contributed by atoms with van der Waals surface area (Å²) in [6.45, 7) is 3.31. The number of hydrogen-bond donors (Lipinski definition) is 0. The fourth-order valence-corrected chi connectivity index (χ4v) is 5.36. The van der Waals surface area contributed by atoms with E-state index < -0.39 is 10.0 Å². The first-order chi connectivity index (χ1) is 11.9. The van der Waals surface area contributed by atoms with Gasteiger partial charge in [0.15, 0.2) is 0 Å². The van der Waals surface area contributed by atoms with Crippen molar-refractivity contribution in [3.63, 3.8) is 0 Å². The third-order valence-corrected chi connectivity index (χ3v) is 6.81. The fourth-order valence-electron chi connectivity index (χ4n) is 2.56. The summed E-state index contributed by atoms with van der Waals surface area (Å²) in [5.74, 6) is 0.296. The number of hydrogen-bond acceptors (Lipinski definition) is 7. The summed E-state index contributed by atoms with van der Waals surface area (Å²) >= 11 is 1.12. The van der Waals surface area contributed by atoms with Gasteiger partial charge in [-0.15, -0.1) is 11.3 Å². The lowest BCUT2D eigenvalue weighted by atomic mass is 10.3. The zero-order valence-electron chi connectivity index (χ0n) is 14.0. The van der Waals surface area contributed by atoms with Gasteiger partial charge in [-0.1, -0.05) is 5.16 Å². The Morgan fingerprint density at radius 3 is 2.76 bits per heavy atom. The van der Waals surface area contributed by atoms with E-state index in [1.54, 1.807) is 25.4 Å². The molecule has 2 aromatic heterocycles. The van der Waals surface area contributed by atoms with Gasteiger partial charge in [0.05, 0.1) is 19.8 Å². The molecule has 25 heavy (non-hydrogen) atoms. The lowest BCUT2D eigenvalue weighted by Gasteiger charge is -2.26. The predicted molar refractivity (Wildman–Crippen MR) is 90.9 cm³/mol. The van der Waals surface area contributed by atoms with E-state index in [4.69, 9.17) is 9.26 Å². The molecule has 1 amide bonds. The molecule has 0 radical (unpaired) electrons. The minimum atomic E-state index is -3.71. The number of aromatic nitrogens is 1. The summed E-state index contributed by atoms with van der Waals surface area (Å²) in [6, 6.07) is 3.22. The SMILES string of the molecule is Cc1cc(CN(C)C(=O)c2sccc2S(=O)(=O)N2CCOCC2)no1. The lowest BCUT2D eigenvalue weighted by molar-refractivity contribution is 0.0728. The maximum atomic E-state index is 12.8. The first-order valence-electron chi connectivity index (χ1n) is 7.72. The summed E-state index contributed by atoms with van der Waals surface area (Å²) < 4.78 is 37.2. The summed E-state index contributed by atoms with van der Waals surface area (Å²) in [5.41, 5.74) is 0.613. The van der Waals surface area contributed by atoms with Crippen molar-refractivity contribution in [2.75, 3.05) is 33.4 Å². The second kappa shape index (κ2) is 7.24. The van der Waals surface area contributed by atoms with Crippen molar-refractivity contribution >= 4 is 27.3 Å². The van der Waals surface area contributed by atoms with Crippen LogP contribution in [0.1, 0.15) is 21.1 Å². The molecule has 1 saturated heterocycles. The van der Waals surface area contributed by atoms with Crippen LogP contribution in [0.4, 0.5) is 0 Å². The molecule has 1 aliphatic rings. The van der Waals surface area contributed by atoms with E-state index in [1.165, 1.54) is 15.3 Å². The molecule has 0 spiro atoms. The Morgan fingerprint density at radius 2 is 2.12 bits per heavy atom. The van der Waals surface area contributed by atoms with Crippen LogP contribution in [0, 0.1) is 6.92 Å². The predicted octanol–water partition coefficient (Wildman–Crippen LogP) is 1.34. The van der Waals surface area contributed by atoms with E-state index in [1.807, 2.05) is 0 Å². The molecule has 0 saturated carbocycles. The molecule has 3 rings (SSSR count). The molecular formula is C15H19N3O5S2. The van der Waals surface area contributed by atoms with Crippen LogP contribution in [0.5, 0.6) is 0 Å². The third kappa shape index (κ3) is 3.76. The smallest absolute Gasteiger partial charge is 0.265 e. The molecule has 0 aliphatic carbocycles. The Hall–Kier alpha value is -1.75. The van der Waals surface area contributed by atoms with Crippen LogP contribution in [0.15, 0.2) is 26.9 Å². The zero-order valence-corrected chi connectivity index (χ0v) is 15.6. The van der Waals surface area contributed by atoms with E-state index >= 15 is 0 Å². The molecule has 136 valence electrons. The summed E-state index contributed by atoms with van der Waals surface area (Å²) in [6.07, 6.45) is 0. The van der Waals surface area contributed by atoms with Crippen molar-refractivity contribution in [3.8, 4) is 0 Å². The van der Waals surface area contributed by atoms with Gasteiger partial charge in [0.25, 0.3) is 5.91 Å². The molecular weight excluding hydrogens is 366 g/mol. The van der Waals surface area contributed by atoms with Crippen LogP contribution in [-0.2, 0) is 21.3 Å². The molecule has 0 aromatic carbocycles. The number of amides is 1. The maximum Gasteiger partial charge on any atom is 0.265 e. The lowest BCUT2D eigenvalue weighted by Crippen LogP contribution is -2.41. The second-order valence-corrected chi connectivity index (χ2v) is 8.54. The number of thiophene rings is 1. The molecule has 0 atom stereocenters. The van der Waals surface area contributed by atoms with E-state index in [-0.39, 0.29) is 22.2 Å². The van der Waals surface area contributed by atoms with Crippen LogP contribution < -0.4 is 0 Å². The van der Waals surface area contributed by atoms with Gasteiger partial charge in [-0.3, -0.25) is 4.79 Å². The van der Waals surface area contributed by atoms with E-state index in [0.29, 0.717) is 37.8 Å². The Labute approximate surface area is 150 Å². The summed E-state index contributed by atoms with van der Waals surface area (Å²) in [4.78, 5) is 14.4. The summed E-state index contributed by atoms with van der Waals surface area (Å²) in [5, 5.41) is 5.48. The second-order valence-electron chi connectivity index (χ2n) is 5.72. The van der Waals surface area contributed by atoms with Gasteiger partial charge >= 0.3 is 0 Å². The number of sulfonamides is 1. The van der Waals surface area contributed by atoms with E-state index in [0.717, 1.165) is 11.3 Å². The number of ether oxygens (including phenoxy) is 1. The molecule has 1 aliphatic heterocycles. The first-order valence-corrected chi connectivity index (χ1v) is 10.0. The minimum Gasteiger partial charge on any atom is -0.379 e. The van der Waals surface area contributed by atoms with E-state index in [2.05, 4.69) is 5.16 Å². The van der Waals surface area contributed by atoms with Crippen molar-refractivity contribution in [1.29, 1.82) is 0 Å². The normalized spacial score (nSPS) is 16.1. The molecule has 10 heteroatoms. The highest BCUT2D eigenvalue weighted by Gasteiger charge is 2.32. The van der Waals surface area contributed by atoms with Crippen molar-refractivity contribution in [3.05, 3.63) is 33.8 Å². The van der Waals surface area contributed by atoms with Gasteiger partial charge < -0.3 is 14.2 Å². The quantitative estimate of drug-likeness (QED) is 0.771. The standard InChI is InChI=1S/C15H19N3O5S2/c1-11-9-12(16-23-11)10-17(2)15(19)14-13(3-8-24-14)25(20,21)18-4-6-22-7-5-18/h3,8-9H,4-7,10H2,1-2H3. The molecule has 8 nitrogen and oxygen atoms in total. The van der Waals surface area contributed by atoms with Crippen LogP contribution in [0.3, 0.4) is 0 Å². The van der Waals surface area contributed by atoms with Gasteiger partial charge in [-0.2, -0.15) is 4.31 Å². The minimum absolute atomic E-state index is 0.0487. The third-order valence-electron chi connectivity index (χ3n) is 3.83. The Kier molecular flexibility index (Phi) is 5.23. The van der Waals surface area contributed by atoms with Crippen LogP contribution >= 0.6 is 11.3 Å². The number of nitrogens with zero attached hydrogens (tertiary/aromatic N) is 3. The van der Waals surface area contributed by atoms with E-state index in [9.17, 15) is 13.2 Å². The summed E-state index contributed by atoms with van der Waals surface area (Å²) in [7, 11) is -2.11. The number of rotatable bonds is 5. The van der Waals surface area contributed by atoms with Gasteiger partial charge in [-0.05, 0) is 18.4 Å². The Balaban J connectivity index is 1.81. The number of morpholine rings is 1. The highest BCUT2D eigenvalue weighted by molar-refractivity contribution is 7.89. The highest BCUT2D eigenvalue weighted by atomic mass is 32.2. The average molecular weight is 385 g/mol. The van der Waals surface area contributed by atoms with Crippen LogP contribution in [0.25, 0.3) is 0 Å². The molecule has 0 N–H and O–H groups in total. The maximum absolute atomic E-state index is 12.8. The fraction of sp³-hybridized carbons (Fsp3) is 0.467. The molecule has 3 heterocycles. The van der Waals surface area contributed by atoms with Crippen molar-refractivity contribution < 1.29 is 22.5 Å². The van der Waals surface area contributed by atoms with Crippen LogP contribution in [0.2, 0.25) is 0 Å². The molecule has 2 aromatic rings. The number of carbonyl (C=O) groups is 1. The first kappa shape index (κ1) is 18.1. The number of aryl methyl sites for hydroxylation is 1. The van der Waals surface area contributed by atoms with Crippen molar-refractivity contribution in [2.45, 2.75) is 18.4 Å². The largest absolute Gasteiger partial charge is 0.379 e. The topological polar surface area (TPSA) is 93.0 Å². The van der Waals surface area contributed by atoms with Crippen molar-refractivity contribution in [1.82, 2.24) is 14.4 Å². The van der Waals surface area contributed by atoms with Crippen LogP contribution in [-0.4, -0.2) is 62.0 Å². The van der Waals surface area contributed by atoms with Gasteiger partial charge in [0, 0.05) is 26.2 Å². The molecule has 0 bridgehead atoms. The zero-order chi connectivity index (χ0) is 18.0. The van der Waals surface area contributed by atoms with Gasteiger partial charge in [0.2, 0.25) is 10.0 Å². The average Bonchev–Trinajstić information content (AvgIpc) is 3.24. The van der Waals surface area contributed by atoms with Crippen molar-refractivity contribution in [2.24, 2.45) is 0 Å².